The van der Waals surface area contributed by atoms with Gasteiger partial charge in [0.25, 0.3) is 0 Å². The van der Waals surface area contributed by atoms with Crippen LogP contribution in [0.4, 0.5) is 5.69 Å². The van der Waals surface area contributed by atoms with E-state index in [0.29, 0.717) is 23.4 Å². The maximum absolute atomic E-state index is 12.1. The average molecular weight is 350 g/mol. The van der Waals surface area contributed by atoms with Gasteiger partial charge in [0.2, 0.25) is 11.8 Å². The van der Waals surface area contributed by atoms with E-state index in [4.69, 9.17) is 0 Å². The fourth-order valence-electron chi connectivity index (χ4n) is 2.26. The van der Waals surface area contributed by atoms with Gasteiger partial charge in [-0.3, -0.25) is 14.4 Å². The van der Waals surface area contributed by atoms with Gasteiger partial charge in [0, 0.05) is 29.4 Å². The lowest BCUT2D eigenvalue weighted by atomic mass is 10.1. The molecule has 5 heteroatoms. The Morgan fingerprint density at radius 1 is 0.923 bits per heavy atom. The van der Waals surface area contributed by atoms with Gasteiger partial charge < -0.3 is 10.6 Å². The van der Waals surface area contributed by atoms with Crippen molar-refractivity contribution >= 4 is 23.3 Å². The molecule has 0 spiro atoms. The first-order valence-corrected chi connectivity index (χ1v) is 8.29. The normalized spacial score (nSPS) is 11.0. The number of nitrogens with one attached hydrogen (secondary N) is 2. The van der Waals surface area contributed by atoms with Crippen LogP contribution in [0, 0.1) is 6.92 Å². The monoisotopic (exact) mass is 350 g/mol. The summed E-state index contributed by atoms with van der Waals surface area (Å²) in [5.74, 6) is -0.736. The zero-order chi connectivity index (χ0) is 19.1. The van der Waals surface area contributed by atoms with Gasteiger partial charge in [-0.25, -0.2) is 0 Å². The number of hydrogen-bond acceptors (Lipinski definition) is 3. The number of anilines is 1. The van der Waals surface area contributed by atoms with Crippen molar-refractivity contribution in [2.24, 2.45) is 0 Å². The van der Waals surface area contributed by atoms with Crippen molar-refractivity contribution in [2.75, 3.05) is 5.32 Å². The quantitative estimate of drug-likeness (QED) is 0.619. The zero-order valence-electron chi connectivity index (χ0n) is 15.1. The summed E-state index contributed by atoms with van der Waals surface area (Å²) in [6.07, 6.45) is 1.25. The summed E-state index contributed by atoms with van der Waals surface area (Å²) in [6, 6.07) is 14.4. The predicted octanol–water partition coefficient (Wildman–Crippen LogP) is 3.40. The number of benzene rings is 2. The number of hydrogen-bond donors (Lipinski definition) is 2. The molecule has 0 atom stereocenters. The maximum atomic E-state index is 12.1. The van der Waals surface area contributed by atoms with Gasteiger partial charge >= 0.3 is 0 Å². The van der Waals surface area contributed by atoms with Crippen LogP contribution in [0.15, 0.2) is 60.2 Å². The molecule has 0 aromatic heterocycles. The summed E-state index contributed by atoms with van der Waals surface area (Å²) < 4.78 is 0. The SMILES string of the molecule is CC(=O)c1ccc(NC(=O)/C=C(/C)C(=O)NCc2ccc(C)cc2)cc1. The molecule has 2 N–H and O–H groups in total. The Kier molecular flexibility index (Phi) is 6.44. The Hall–Kier alpha value is -3.21. The van der Waals surface area contributed by atoms with Crippen LogP contribution in [0.5, 0.6) is 0 Å². The lowest BCUT2D eigenvalue weighted by Crippen LogP contribution is -2.24. The van der Waals surface area contributed by atoms with Crippen LogP contribution >= 0.6 is 0 Å². The molecule has 0 saturated carbocycles. The van der Waals surface area contributed by atoms with Crippen molar-refractivity contribution in [3.63, 3.8) is 0 Å². The molecule has 0 radical (unpaired) electrons. The summed E-state index contributed by atoms with van der Waals surface area (Å²) in [4.78, 5) is 35.4. The minimum absolute atomic E-state index is 0.0381. The maximum Gasteiger partial charge on any atom is 0.248 e. The highest BCUT2D eigenvalue weighted by atomic mass is 16.2. The summed E-state index contributed by atoms with van der Waals surface area (Å²) >= 11 is 0. The van der Waals surface area contributed by atoms with E-state index in [1.807, 2.05) is 31.2 Å². The third-order valence-electron chi connectivity index (χ3n) is 3.84. The van der Waals surface area contributed by atoms with Gasteiger partial charge in [0.15, 0.2) is 5.78 Å². The highest BCUT2D eigenvalue weighted by molar-refractivity contribution is 6.06. The van der Waals surface area contributed by atoms with E-state index in [1.54, 1.807) is 31.2 Å². The van der Waals surface area contributed by atoms with Crippen LogP contribution in [0.25, 0.3) is 0 Å². The van der Waals surface area contributed by atoms with Crippen molar-refractivity contribution in [1.29, 1.82) is 0 Å². The standard InChI is InChI=1S/C21H22N2O3/c1-14-4-6-17(7-5-14)13-22-21(26)15(2)12-20(25)23-19-10-8-18(9-11-19)16(3)24/h4-12H,13H2,1-3H3,(H,22,26)(H,23,25)/b15-12-. The average Bonchev–Trinajstić information content (AvgIpc) is 2.61. The first-order valence-electron chi connectivity index (χ1n) is 8.29. The highest BCUT2D eigenvalue weighted by Gasteiger charge is 2.07. The molecule has 0 aliphatic carbocycles. The predicted molar refractivity (Wildman–Crippen MR) is 102 cm³/mol. The van der Waals surface area contributed by atoms with E-state index in [0.717, 1.165) is 11.1 Å². The second kappa shape index (κ2) is 8.76. The van der Waals surface area contributed by atoms with Crippen molar-refractivity contribution in [1.82, 2.24) is 5.32 Å². The Morgan fingerprint density at radius 3 is 2.12 bits per heavy atom. The first-order chi connectivity index (χ1) is 12.3. The van der Waals surface area contributed by atoms with E-state index >= 15 is 0 Å². The largest absolute Gasteiger partial charge is 0.348 e. The molecule has 2 aromatic carbocycles. The molecule has 0 unspecified atom stereocenters. The number of carbonyl (C=O) groups is 3. The molecule has 0 aliphatic heterocycles. The fraction of sp³-hybridized carbons (Fsp3) is 0.190. The van der Waals surface area contributed by atoms with E-state index in [9.17, 15) is 14.4 Å². The number of carbonyl (C=O) groups excluding carboxylic acids is 3. The van der Waals surface area contributed by atoms with Gasteiger partial charge in [-0.15, -0.1) is 0 Å². The minimum atomic E-state index is -0.399. The summed E-state index contributed by atoms with van der Waals surface area (Å²) in [5, 5.41) is 5.45. The van der Waals surface area contributed by atoms with Crippen LogP contribution in [-0.4, -0.2) is 17.6 Å². The zero-order valence-corrected chi connectivity index (χ0v) is 15.1. The highest BCUT2D eigenvalue weighted by Crippen LogP contribution is 2.10. The second-order valence-electron chi connectivity index (χ2n) is 6.12. The fourth-order valence-corrected chi connectivity index (χ4v) is 2.26. The van der Waals surface area contributed by atoms with Gasteiger partial charge in [-0.05, 0) is 50.6 Å². The van der Waals surface area contributed by atoms with Gasteiger partial charge in [0.1, 0.15) is 0 Å². The van der Waals surface area contributed by atoms with Crippen LogP contribution in [-0.2, 0) is 16.1 Å². The number of ketones is 1. The van der Waals surface area contributed by atoms with Crippen LogP contribution in [0.2, 0.25) is 0 Å². The molecule has 0 bridgehead atoms. The third-order valence-corrected chi connectivity index (χ3v) is 3.84. The summed E-state index contributed by atoms with van der Waals surface area (Å²) in [6.45, 7) is 5.47. The minimum Gasteiger partial charge on any atom is -0.348 e. The van der Waals surface area contributed by atoms with Crippen LogP contribution in [0.1, 0.15) is 35.3 Å². The Labute approximate surface area is 153 Å². The number of Topliss-reactive ketones (excluding diaryl/α,β-unsaturated/α-hetero) is 1. The summed E-state index contributed by atoms with van der Waals surface area (Å²) in [7, 11) is 0. The Balaban J connectivity index is 1.90. The molecule has 5 nitrogen and oxygen atoms in total. The van der Waals surface area contributed by atoms with Crippen LogP contribution < -0.4 is 10.6 Å². The molecule has 26 heavy (non-hydrogen) atoms. The lowest BCUT2D eigenvalue weighted by molar-refractivity contribution is -0.118. The molecule has 0 heterocycles. The van der Waals surface area contributed by atoms with Crippen molar-refractivity contribution in [3.8, 4) is 0 Å². The van der Waals surface area contributed by atoms with Crippen molar-refractivity contribution < 1.29 is 14.4 Å². The molecular formula is C21H22N2O3. The van der Waals surface area contributed by atoms with Crippen LogP contribution in [0.3, 0.4) is 0 Å². The van der Waals surface area contributed by atoms with E-state index in [-0.39, 0.29) is 11.7 Å². The van der Waals surface area contributed by atoms with E-state index < -0.39 is 5.91 Å². The molecule has 0 saturated heterocycles. The molecule has 2 amide bonds. The van der Waals surface area contributed by atoms with E-state index in [2.05, 4.69) is 10.6 Å². The topological polar surface area (TPSA) is 75.3 Å². The molecule has 0 aliphatic rings. The number of rotatable bonds is 6. The molecule has 2 rings (SSSR count). The molecule has 134 valence electrons. The molecular weight excluding hydrogens is 328 g/mol. The molecule has 0 fully saturated rings. The smallest absolute Gasteiger partial charge is 0.248 e. The Morgan fingerprint density at radius 2 is 1.54 bits per heavy atom. The second-order valence-corrected chi connectivity index (χ2v) is 6.12. The third kappa shape index (κ3) is 5.70. The van der Waals surface area contributed by atoms with E-state index in [1.165, 1.54) is 13.0 Å². The first kappa shape index (κ1) is 19.1. The number of amides is 2. The van der Waals surface area contributed by atoms with Gasteiger partial charge in [-0.2, -0.15) is 0 Å². The lowest BCUT2D eigenvalue weighted by Gasteiger charge is -2.07. The number of aryl methyl sites for hydroxylation is 1. The summed E-state index contributed by atoms with van der Waals surface area (Å²) in [5.41, 5.74) is 3.60. The molecule has 2 aromatic rings. The Bertz CT molecular complexity index is 835. The van der Waals surface area contributed by atoms with Gasteiger partial charge in [-0.1, -0.05) is 29.8 Å². The van der Waals surface area contributed by atoms with Gasteiger partial charge in [0.05, 0.1) is 0 Å². The van der Waals surface area contributed by atoms with Crippen molar-refractivity contribution in [2.45, 2.75) is 27.3 Å². The van der Waals surface area contributed by atoms with Crippen molar-refractivity contribution in [3.05, 3.63) is 76.9 Å².